The lowest BCUT2D eigenvalue weighted by molar-refractivity contribution is -0.115. The number of nitrogens with one attached hydrogen (secondary N) is 1. The van der Waals surface area contributed by atoms with Crippen molar-refractivity contribution in [2.75, 3.05) is 5.32 Å². The molecule has 0 saturated carbocycles. The number of aryl methyl sites for hydroxylation is 2. The predicted molar refractivity (Wildman–Crippen MR) is 64.2 cm³/mol. The highest BCUT2D eigenvalue weighted by molar-refractivity contribution is 5.92. The normalized spacial score (nSPS) is 10.3. The van der Waals surface area contributed by atoms with E-state index < -0.39 is 0 Å². The largest absolute Gasteiger partial charge is 0.504 e. The number of hydrogen-bond donors (Lipinski definition) is 2. The van der Waals surface area contributed by atoms with E-state index in [1.54, 1.807) is 19.9 Å². The highest BCUT2D eigenvalue weighted by atomic mass is 16.5. The third kappa shape index (κ3) is 2.48. The molecule has 0 aliphatic heterocycles. The number of anilines is 1. The molecule has 2 heterocycles. The molecule has 6 nitrogen and oxygen atoms in total. The second-order valence-corrected chi connectivity index (χ2v) is 3.90. The van der Waals surface area contributed by atoms with Gasteiger partial charge in [-0.25, -0.2) is 4.98 Å². The van der Waals surface area contributed by atoms with Crippen molar-refractivity contribution in [2.45, 2.75) is 20.3 Å². The molecular weight excluding hydrogens is 234 g/mol. The van der Waals surface area contributed by atoms with E-state index in [-0.39, 0.29) is 23.9 Å². The van der Waals surface area contributed by atoms with Gasteiger partial charge >= 0.3 is 0 Å². The van der Waals surface area contributed by atoms with Gasteiger partial charge in [0, 0.05) is 11.8 Å². The van der Waals surface area contributed by atoms with E-state index in [9.17, 15) is 9.90 Å². The molecule has 0 unspecified atom stereocenters. The SMILES string of the molecule is Cc1noc(C)c1CC(=O)Nc1ncccc1O. The lowest BCUT2D eigenvalue weighted by Gasteiger charge is -2.05. The third-order valence-electron chi connectivity index (χ3n) is 2.56. The fraction of sp³-hybridized carbons (Fsp3) is 0.250. The second-order valence-electron chi connectivity index (χ2n) is 3.90. The molecule has 0 aromatic carbocycles. The number of rotatable bonds is 3. The summed E-state index contributed by atoms with van der Waals surface area (Å²) in [6.45, 7) is 3.53. The number of carbonyl (C=O) groups excluding carboxylic acids is 1. The molecule has 18 heavy (non-hydrogen) atoms. The van der Waals surface area contributed by atoms with Gasteiger partial charge in [0.05, 0.1) is 12.1 Å². The van der Waals surface area contributed by atoms with Gasteiger partial charge in [0.15, 0.2) is 11.6 Å². The summed E-state index contributed by atoms with van der Waals surface area (Å²) in [5.41, 5.74) is 1.44. The summed E-state index contributed by atoms with van der Waals surface area (Å²) in [6.07, 6.45) is 1.63. The Hall–Kier alpha value is -2.37. The average molecular weight is 247 g/mol. The summed E-state index contributed by atoms with van der Waals surface area (Å²) in [4.78, 5) is 15.7. The fourth-order valence-electron chi connectivity index (χ4n) is 1.58. The van der Waals surface area contributed by atoms with E-state index in [1.165, 1.54) is 12.3 Å². The van der Waals surface area contributed by atoms with Gasteiger partial charge in [-0.05, 0) is 26.0 Å². The first-order valence-corrected chi connectivity index (χ1v) is 5.43. The first-order valence-electron chi connectivity index (χ1n) is 5.43. The molecule has 2 aromatic rings. The molecular formula is C12H13N3O3. The van der Waals surface area contributed by atoms with E-state index in [0.29, 0.717) is 11.5 Å². The fourth-order valence-corrected chi connectivity index (χ4v) is 1.58. The first-order chi connectivity index (χ1) is 8.58. The van der Waals surface area contributed by atoms with Crippen LogP contribution in [0.5, 0.6) is 5.75 Å². The minimum Gasteiger partial charge on any atom is -0.504 e. The molecule has 0 spiro atoms. The van der Waals surface area contributed by atoms with E-state index in [1.807, 2.05) is 0 Å². The van der Waals surface area contributed by atoms with Crippen LogP contribution >= 0.6 is 0 Å². The van der Waals surface area contributed by atoms with E-state index >= 15 is 0 Å². The van der Waals surface area contributed by atoms with Crippen LogP contribution in [0, 0.1) is 13.8 Å². The summed E-state index contributed by atoms with van der Waals surface area (Å²) in [6, 6.07) is 3.04. The van der Waals surface area contributed by atoms with E-state index in [2.05, 4.69) is 15.5 Å². The van der Waals surface area contributed by atoms with Crippen LogP contribution < -0.4 is 5.32 Å². The summed E-state index contributed by atoms with van der Waals surface area (Å²) < 4.78 is 4.98. The molecule has 1 amide bonds. The smallest absolute Gasteiger partial charge is 0.230 e. The van der Waals surface area contributed by atoms with Crippen molar-refractivity contribution >= 4 is 11.7 Å². The van der Waals surface area contributed by atoms with E-state index in [4.69, 9.17) is 4.52 Å². The summed E-state index contributed by atoms with van der Waals surface area (Å²) in [5, 5.41) is 15.8. The minimum atomic E-state index is -0.279. The van der Waals surface area contributed by atoms with Crippen LogP contribution in [0.3, 0.4) is 0 Å². The van der Waals surface area contributed by atoms with Gasteiger partial charge in [-0.1, -0.05) is 5.16 Å². The van der Waals surface area contributed by atoms with Gasteiger partial charge in [-0.2, -0.15) is 0 Å². The Balaban J connectivity index is 2.08. The Bertz CT molecular complexity index is 558. The molecule has 2 aromatic heterocycles. The molecule has 2 rings (SSSR count). The summed E-state index contributed by atoms with van der Waals surface area (Å²) in [7, 11) is 0. The Morgan fingerprint density at radius 3 is 2.89 bits per heavy atom. The Kier molecular flexibility index (Phi) is 3.27. The quantitative estimate of drug-likeness (QED) is 0.859. The first kappa shape index (κ1) is 12.1. The second kappa shape index (κ2) is 4.87. The molecule has 0 aliphatic rings. The number of hydrogen-bond acceptors (Lipinski definition) is 5. The van der Waals surface area contributed by atoms with Gasteiger partial charge in [0.2, 0.25) is 5.91 Å². The summed E-state index contributed by atoms with van der Waals surface area (Å²) in [5.74, 6) is 0.421. The molecule has 94 valence electrons. The molecule has 6 heteroatoms. The van der Waals surface area contributed by atoms with Gasteiger partial charge in [0.25, 0.3) is 0 Å². The monoisotopic (exact) mass is 247 g/mol. The Labute approximate surface area is 104 Å². The summed E-state index contributed by atoms with van der Waals surface area (Å²) >= 11 is 0. The number of pyridine rings is 1. The van der Waals surface area contributed by atoms with Crippen LogP contribution in [0.2, 0.25) is 0 Å². The van der Waals surface area contributed by atoms with Gasteiger partial charge in [0.1, 0.15) is 5.76 Å². The molecule has 0 saturated heterocycles. The van der Waals surface area contributed by atoms with Crippen LogP contribution in [0.25, 0.3) is 0 Å². The number of amides is 1. The molecule has 2 N–H and O–H groups in total. The lowest BCUT2D eigenvalue weighted by Crippen LogP contribution is -2.16. The van der Waals surface area contributed by atoms with Crippen LogP contribution in [0.15, 0.2) is 22.9 Å². The predicted octanol–water partition coefficient (Wildman–Crippen LogP) is 1.57. The Morgan fingerprint density at radius 1 is 1.50 bits per heavy atom. The van der Waals surface area contributed by atoms with Crippen molar-refractivity contribution in [3.63, 3.8) is 0 Å². The lowest BCUT2D eigenvalue weighted by atomic mass is 10.1. The van der Waals surface area contributed by atoms with Crippen LogP contribution in [0.4, 0.5) is 5.82 Å². The van der Waals surface area contributed by atoms with Gasteiger partial charge in [-0.15, -0.1) is 0 Å². The maximum absolute atomic E-state index is 11.8. The van der Waals surface area contributed by atoms with Crippen LogP contribution in [-0.2, 0) is 11.2 Å². The van der Waals surface area contributed by atoms with Crippen LogP contribution in [0.1, 0.15) is 17.0 Å². The highest BCUT2D eigenvalue weighted by Gasteiger charge is 2.14. The maximum atomic E-state index is 11.8. The van der Waals surface area contributed by atoms with Gasteiger partial charge in [-0.3, -0.25) is 4.79 Å². The number of carbonyl (C=O) groups is 1. The molecule has 0 fully saturated rings. The highest BCUT2D eigenvalue weighted by Crippen LogP contribution is 2.19. The average Bonchev–Trinajstić information content (AvgIpc) is 2.64. The zero-order chi connectivity index (χ0) is 13.1. The van der Waals surface area contributed by atoms with Gasteiger partial charge < -0.3 is 14.9 Å². The number of nitrogens with zero attached hydrogens (tertiary/aromatic N) is 2. The Morgan fingerprint density at radius 2 is 2.28 bits per heavy atom. The van der Waals surface area contributed by atoms with E-state index in [0.717, 1.165) is 5.56 Å². The van der Waals surface area contributed by atoms with Crippen molar-refractivity contribution in [3.05, 3.63) is 35.3 Å². The zero-order valence-corrected chi connectivity index (χ0v) is 10.1. The zero-order valence-electron chi connectivity index (χ0n) is 10.1. The maximum Gasteiger partial charge on any atom is 0.230 e. The van der Waals surface area contributed by atoms with Crippen molar-refractivity contribution < 1.29 is 14.4 Å². The number of aromatic hydroxyl groups is 1. The van der Waals surface area contributed by atoms with Crippen LogP contribution in [-0.4, -0.2) is 21.2 Å². The molecule has 0 aliphatic carbocycles. The minimum absolute atomic E-state index is 0.0652. The van der Waals surface area contributed by atoms with Crippen molar-refractivity contribution in [1.29, 1.82) is 0 Å². The molecule has 0 atom stereocenters. The molecule has 0 bridgehead atoms. The van der Waals surface area contributed by atoms with Crippen molar-refractivity contribution in [2.24, 2.45) is 0 Å². The molecule has 0 radical (unpaired) electrons. The topological polar surface area (TPSA) is 88.3 Å². The third-order valence-corrected chi connectivity index (χ3v) is 2.56. The number of aromatic nitrogens is 2. The standard InChI is InChI=1S/C12H13N3O3/c1-7-9(8(2)18-15-7)6-11(17)14-12-10(16)4-3-5-13-12/h3-5,16H,6H2,1-2H3,(H,13,14,17). The van der Waals surface area contributed by atoms with Crippen molar-refractivity contribution in [1.82, 2.24) is 10.1 Å². The van der Waals surface area contributed by atoms with Crippen molar-refractivity contribution in [3.8, 4) is 5.75 Å².